The Morgan fingerprint density at radius 3 is 2.71 bits per heavy atom. The number of nitrogens with one attached hydrogen (secondary N) is 1. The maximum absolute atomic E-state index is 5.47. The summed E-state index contributed by atoms with van der Waals surface area (Å²) >= 11 is 0. The summed E-state index contributed by atoms with van der Waals surface area (Å²) in [5.41, 5.74) is 1.37. The van der Waals surface area contributed by atoms with Crippen molar-refractivity contribution in [1.29, 1.82) is 0 Å². The van der Waals surface area contributed by atoms with E-state index in [0.29, 0.717) is 18.2 Å². The minimum Gasteiger partial charge on any atom is -0.381 e. The number of benzene rings is 1. The maximum atomic E-state index is 5.47. The van der Waals surface area contributed by atoms with Crippen molar-refractivity contribution in [2.24, 2.45) is 0 Å². The molecule has 2 nitrogen and oxygen atoms in total. The highest BCUT2D eigenvalue weighted by atomic mass is 16.5. The molecule has 1 N–H and O–H groups in total. The molecule has 1 aromatic carbocycles. The van der Waals surface area contributed by atoms with Gasteiger partial charge in [-0.05, 0) is 38.2 Å². The number of hydrogen-bond acceptors (Lipinski definition) is 2. The number of rotatable bonds is 4. The first-order valence-electron chi connectivity index (χ1n) is 6.63. The SMILES string of the molecule is COC1CCCC(NC(C)c2ccccc2)C1. The summed E-state index contributed by atoms with van der Waals surface area (Å²) in [5.74, 6) is 0. The van der Waals surface area contributed by atoms with Crippen molar-refractivity contribution in [2.75, 3.05) is 7.11 Å². The molecule has 3 atom stereocenters. The van der Waals surface area contributed by atoms with Gasteiger partial charge in [0.05, 0.1) is 6.10 Å². The molecule has 0 saturated heterocycles. The fourth-order valence-corrected chi connectivity index (χ4v) is 2.70. The third-order valence-corrected chi connectivity index (χ3v) is 3.74. The van der Waals surface area contributed by atoms with E-state index in [0.717, 1.165) is 6.42 Å². The van der Waals surface area contributed by atoms with E-state index in [1.807, 2.05) is 7.11 Å². The van der Waals surface area contributed by atoms with E-state index >= 15 is 0 Å². The van der Waals surface area contributed by atoms with Gasteiger partial charge in [-0.3, -0.25) is 0 Å². The second-order valence-corrected chi connectivity index (χ2v) is 5.02. The van der Waals surface area contributed by atoms with Gasteiger partial charge in [0.15, 0.2) is 0 Å². The Hall–Kier alpha value is -0.860. The molecule has 2 heteroatoms. The van der Waals surface area contributed by atoms with E-state index in [-0.39, 0.29) is 0 Å². The Morgan fingerprint density at radius 2 is 2.00 bits per heavy atom. The summed E-state index contributed by atoms with van der Waals surface area (Å²) in [5, 5.41) is 3.72. The predicted molar refractivity (Wildman–Crippen MR) is 71.0 cm³/mol. The molecule has 0 heterocycles. The maximum Gasteiger partial charge on any atom is 0.0586 e. The Bertz CT molecular complexity index is 325. The molecule has 0 radical (unpaired) electrons. The van der Waals surface area contributed by atoms with Crippen LogP contribution in [0.4, 0.5) is 0 Å². The first kappa shape index (κ1) is 12.6. The molecule has 0 aromatic heterocycles. The van der Waals surface area contributed by atoms with Crippen LogP contribution in [-0.2, 0) is 4.74 Å². The third kappa shape index (κ3) is 3.55. The first-order valence-corrected chi connectivity index (χ1v) is 6.63. The molecule has 94 valence electrons. The molecule has 17 heavy (non-hydrogen) atoms. The molecule has 1 aliphatic rings. The highest BCUT2D eigenvalue weighted by molar-refractivity contribution is 5.18. The minimum atomic E-state index is 0.428. The monoisotopic (exact) mass is 233 g/mol. The second kappa shape index (κ2) is 6.18. The molecule has 1 aliphatic carbocycles. The number of methoxy groups -OCH3 is 1. The van der Waals surface area contributed by atoms with E-state index in [4.69, 9.17) is 4.74 Å². The van der Waals surface area contributed by atoms with Crippen LogP contribution in [0.2, 0.25) is 0 Å². The molecular formula is C15H23NO. The van der Waals surface area contributed by atoms with Crippen LogP contribution in [0, 0.1) is 0 Å². The van der Waals surface area contributed by atoms with Crippen LogP contribution in [0.25, 0.3) is 0 Å². The molecule has 1 saturated carbocycles. The summed E-state index contributed by atoms with van der Waals surface area (Å²) in [4.78, 5) is 0. The predicted octanol–water partition coefficient (Wildman–Crippen LogP) is 3.29. The highest BCUT2D eigenvalue weighted by Crippen LogP contribution is 2.23. The van der Waals surface area contributed by atoms with Crippen LogP contribution in [0.5, 0.6) is 0 Å². The van der Waals surface area contributed by atoms with Gasteiger partial charge in [-0.15, -0.1) is 0 Å². The summed E-state index contributed by atoms with van der Waals surface area (Å²) in [7, 11) is 1.83. The first-order chi connectivity index (χ1) is 8.29. The summed E-state index contributed by atoms with van der Waals surface area (Å²) in [6, 6.07) is 11.7. The lowest BCUT2D eigenvalue weighted by atomic mass is 9.92. The molecule has 0 amide bonds. The van der Waals surface area contributed by atoms with Gasteiger partial charge in [-0.1, -0.05) is 30.3 Å². The van der Waals surface area contributed by atoms with Gasteiger partial charge in [-0.25, -0.2) is 0 Å². The van der Waals surface area contributed by atoms with Crippen LogP contribution in [0.3, 0.4) is 0 Å². The normalized spacial score (nSPS) is 26.7. The zero-order valence-electron chi connectivity index (χ0n) is 10.9. The smallest absolute Gasteiger partial charge is 0.0586 e. The Labute approximate surface area is 104 Å². The van der Waals surface area contributed by atoms with Crippen molar-refractivity contribution < 1.29 is 4.74 Å². The van der Waals surface area contributed by atoms with E-state index in [2.05, 4.69) is 42.6 Å². The summed E-state index contributed by atoms with van der Waals surface area (Å²) in [6.07, 6.45) is 5.36. The van der Waals surface area contributed by atoms with E-state index < -0.39 is 0 Å². The van der Waals surface area contributed by atoms with Gasteiger partial charge in [0.2, 0.25) is 0 Å². The van der Waals surface area contributed by atoms with Gasteiger partial charge in [-0.2, -0.15) is 0 Å². The lowest BCUT2D eigenvalue weighted by Gasteiger charge is -2.31. The standard InChI is InChI=1S/C15H23NO/c1-12(13-7-4-3-5-8-13)16-14-9-6-10-15(11-14)17-2/h3-5,7-8,12,14-16H,6,9-11H2,1-2H3. The van der Waals surface area contributed by atoms with Crippen LogP contribution in [-0.4, -0.2) is 19.3 Å². The third-order valence-electron chi connectivity index (χ3n) is 3.74. The van der Waals surface area contributed by atoms with Gasteiger partial charge in [0.25, 0.3) is 0 Å². The number of hydrogen-bond donors (Lipinski definition) is 1. The van der Waals surface area contributed by atoms with Crippen molar-refractivity contribution in [3.8, 4) is 0 Å². The van der Waals surface area contributed by atoms with Crippen molar-refractivity contribution in [1.82, 2.24) is 5.32 Å². The minimum absolute atomic E-state index is 0.428. The average molecular weight is 233 g/mol. The fourth-order valence-electron chi connectivity index (χ4n) is 2.70. The average Bonchev–Trinajstić information content (AvgIpc) is 2.40. The molecule has 0 spiro atoms. The lowest BCUT2D eigenvalue weighted by molar-refractivity contribution is 0.0572. The van der Waals surface area contributed by atoms with Crippen LogP contribution in [0.15, 0.2) is 30.3 Å². The van der Waals surface area contributed by atoms with Gasteiger partial charge in [0, 0.05) is 19.2 Å². The van der Waals surface area contributed by atoms with E-state index in [1.54, 1.807) is 0 Å². The van der Waals surface area contributed by atoms with Gasteiger partial charge in [0.1, 0.15) is 0 Å². The Balaban J connectivity index is 1.88. The Morgan fingerprint density at radius 1 is 1.24 bits per heavy atom. The fraction of sp³-hybridized carbons (Fsp3) is 0.600. The van der Waals surface area contributed by atoms with Crippen LogP contribution in [0.1, 0.15) is 44.2 Å². The van der Waals surface area contributed by atoms with Crippen molar-refractivity contribution in [3.05, 3.63) is 35.9 Å². The highest BCUT2D eigenvalue weighted by Gasteiger charge is 2.22. The molecule has 0 aliphatic heterocycles. The zero-order valence-corrected chi connectivity index (χ0v) is 10.9. The van der Waals surface area contributed by atoms with Crippen molar-refractivity contribution in [2.45, 2.75) is 50.8 Å². The second-order valence-electron chi connectivity index (χ2n) is 5.02. The largest absolute Gasteiger partial charge is 0.381 e. The number of ether oxygens (including phenoxy) is 1. The van der Waals surface area contributed by atoms with Crippen LogP contribution < -0.4 is 5.32 Å². The molecule has 1 aromatic rings. The van der Waals surface area contributed by atoms with Gasteiger partial charge < -0.3 is 10.1 Å². The molecule has 3 unspecified atom stereocenters. The molecule has 2 rings (SSSR count). The topological polar surface area (TPSA) is 21.3 Å². The van der Waals surface area contributed by atoms with Crippen molar-refractivity contribution >= 4 is 0 Å². The summed E-state index contributed by atoms with van der Waals surface area (Å²) in [6.45, 7) is 2.24. The van der Waals surface area contributed by atoms with Crippen LogP contribution >= 0.6 is 0 Å². The quantitative estimate of drug-likeness (QED) is 0.861. The van der Waals surface area contributed by atoms with Crippen molar-refractivity contribution in [3.63, 3.8) is 0 Å². The van der Waals surface area contributed by atoms with E-state index in [9.17, 15) is 0 Å². The van der Waals surface area contributed by atoms with Gasteiger partial charge >= 0.3 is 0 Å². The zero-order chi connectivity index (χ0) is 12.1. The Kier molecular flexibility index (Phi) is 4.57. The molecular weight excluding hydrogens is 210 g/mol. The summed E-state index contributed by atoms with van der Waals surface area (Å²) < 4.78 is 5.47. The molecule has 0 bridgehead atoms. The molecule has 1 fully saturated rings. The van der Waals surface area contributed by atoms with E-state index in [1.165, 1.54) is 24.8 Å². The lowest BCUT2D eigenvalue weighted by Crippen LogP contribution is -2.38.